The molecule has 1 saturated carbocycles. The maximum absolute atomic E-state index is 8.94. The van der Waals surface area contributed by atoms with Gasteiger partial charge in [-0.15, -0.1) is 0 Å². The lowest BCUT2D eigenvalue weighted by Gasteiger charge is -2.20. The number of nitrogens with zero attached hydrogens (tertiary/aromatic N) is 2. The number of ether oxygens (including phenoxy) is 1. The molecular formula is C15H23N3O2. The third kappa shape index (κ3) is 3.40. The molecule has 1 fully saturated rings. The third-order valence-corrected chi connectivity index (χ3v) is 3.75. The van der Waals surface area contributed by atoms with Crippen LogP contribution < -0.4 is 10.5 Å². The van der Waals surface area contributed by atoms with Gasteiger partial charge < -0.3 is 15.7 Å². The fourth-order valence-electron chi connectivity index (χ4n) is 2.79. The largest absolute Gasteiger partial charge is 0.490 e. The van der Waals surface area contributed by atoms with Gasteiger partial charge in [0.25, 0.3) is 0 Å². The Morgan fingerprint density at radius 1 is 1.30 bits per heavy atom. The Morgan fingerprint density at radius 2 is 1.95 bits per heavy atom. The number of aryl methyl sites for hydroxylation is 2. The SMILES string of the molecule is Cc1cc(OC2CCCCCC2)c(/C(N)=N/O)c(C)n1. The average Bonchev–Trinajstić information content (AvgIpc) is 2.66. The van der Waals surface area contributed by atoms with Crippen molar-refractivity contribution in [3.63, 3.8) is 0 Å². The van der Waals surface area contributed by atoms with Gasteiger partial charge in [-0.2, -0.15) is 0 Å². The number of hydrogen-bond donors (Lipinski definition) is 2. The summed E-state index contributed by atoms with van der Waals surface area (Å²) in [5, 5.41) is 12.0. The second kappa shape index (κ2) is 6.59. The zero-order chi connectivity index (χ0) is 14.5. The molecule has 0 unspecified atom stereocenters. The van der Waals surface area contributed by atoms with Gasteiger partial charge in [-0.25, -0.2) is 0 Å². The summed E-state index contributed by atoms with van der Waals surface area (Å²) in [5.41, 5.74) is 7.96. The van der Waals surface area contributed by atoms with Crippen LogP contribution in [0.2, 0.25) is 0 Å². The molecule has 3 N–H and O–H groups in total. The molecule has 5 heteroatoms. The maximum Gasteiger partial charge on any atom is 0.175 e. The van der Waals surface area contributed by atoms with Crippen LogP contribution in [0.3, 0.4) is 0 Å². The highest BCUT2D eigenvalue weighted by Crippen LogP contribution is 2.27. The molecule has 2 rings (SSSR count). The lowest BCUT2D eigenvalue weighted by molar-refractivity contribution is 0.183. The van der Waals surface area contributed by atoms with Crippen molar-refractivity contribution in [3.05, 3.63) is 23.0 Å². The first-order valence-electron chi connectivity index (χ1n) is 7.24. The monoisotopic (exact) mass is 277 g/mol. The summed E-state index contributed by atoms with van der Waals surface area (Å²) in [6.07, 6.45) is 7.30. The molecule has 0 spiro atoms. The minimum Gasteiger partial charge on any atom is -0.490 e. The number of rotatable bonds is 3. The topological polar surface area (TPSA) is 80.7 Å². The number of pyridine rings is 1. The van der Waals surface area contributed by atoms with Gasteiger partial charge in [0.1, 0.15) is 5.75 Å². The molecule has 1 aromatic rings. The first kappa shape index (κ1) is 14.6. The highest BCUT2D eigenvalue weighted by Gasteiger charge is 2.19. The van der Waals surface area contributed by atoms with Crippen molar-refractivity contribution in [2.45, 2.75) is 58.5 Å². The minimum absolute atomic E-state index is 0.0543. The zero-order valence-electron chi connectivity index (χ0n) is 12.2. The van der Waals surface area contributed by atoms with Crippen LogP contribution >= 0.6 is 0 Å². The van der Waals surface area contributed by atoms with Gasteiger partial charge >= 0.3 is 0 Å². The maximum atomic E-state index is 8.94. The Kier molecular flexibility index (Phi) is 4.82. The van der Waals surface area contributed by atoms with Crippen molar-refractivity contribution in [2.24, 2.45) is 10.9 Å². The average molecular weight is 277 g/mol. The van der Waals surface area contributed by atoms with E-state index in [1.54, 1.807) is 0 Å². The summed E-state index contributed by atoms with van der Waals surface area (Å²) in [6, 6.07) is 1.87. The molecule has 1 aliphatic carbocycles. The molecule has 0 atom stereocenters. The van der Waals surface area contributed by atoms with E-state index < -0.39 is 0 Å². The Morgan fingerprint density at radius 3 is 2.55 bits per heavy atom. The normalized spacial score (nSPS) is 17.8. The van der Waals surface area contributed by atoms with Crippen molar-refractivity contribution in [1.82, 2.24) is 4.98 Å². The smallest absolute Gasteiger partial charge is 0.175 e. The second-order valence-corrected chi connectivity index (χ2v) is 5.44. The van der Waals surface area contributed by atoms with Crippen LogP contribution in [0.5, 0.6) is 5.75 Å². The van der Waals surface area contributed by atoms with Crippen LogP contribution in [-0.2, 0) is 0 Å². The number of nitrogens with two attached hydrogens (primary N) is 1. The van der Waals surface area contributed by atoms with Crippen LogP contribution in [0.25, 0.3) is 0 Å². The second-order valence-electron chi connectivity index (χ2n) is 5.44. The van der Waals surface area contributed by atoms with E-state index in [4.69, 9.17) is 15.7 Å². The minimum atomic E-state index is 0.0543. The predicted octanol–water partition coefficient (Wildman–Crippen LogP) is 2.89. The molecule has 0 aromatic carbocycles. The fraction of sp³-hybridized carbons (Fsp3) is 0.600. The summed E-state index contributed by atoms with van der Waals surface area (Å²) in [5.74, 6) is 0.732. The van der Waals surface area contributed by atoms with Gasteiger partial charge in [0, 0.05) is 11.8 Å². The van der Waals surface area contributed by atoms with Crippen LogP contribution in [0, 0.1) is 13.8 Å². The molecule has 0 aliphatic heterocycles. The lowest BCUT2D eigenvalue weighted by atomic mass is 10.1. The van der Waals surface area contributed by atoms with E-state index >= 15 is 0 Å². The van der Waals surface area contributed by atoms with Gasteiger partial charge in [0.2, 0.25) is 0 Å². The van der Waals surface area contributed by atoms with E-state index in [-0.39, 0.29) is 11.9 Å². The Balaban J connectivity index is 2.29. The van der Waals surface area contributed by atoms with E-state index in [0.717, 1.165) is 24.2 Å². The third-order valence-electron chi connectivity index (χ3n) is 3.75. The van der Waals surface area contributed by atoms with Crippen molar-refractivity contribution in [3.8, 4) is 5.75 Å². The van der Waals surface area contributed by atoms with Crippen LogP contribution in [0.4, 0.5) is 0 Å². The fourth-order valence-corrected chi connectivity index (χ4v) is 2.79. The molecule has 1 aliphatic rings. The van der Waals surface area contributed by atoms with E-state index in [2.05, 4.69) is 10.1 Å². The van der Waals surface area contributed by atoms with Crippen LogP contribution in [0.1, 0.15) is 55.5 Å². The number of oxime groups is 1. The van der Waals surface area contributed by atoms with Crippen molar-refractivity contribution < 1.29 is 9.94 Å². The van der Waals surface area contributed by atoms with Gasteiger partial charge in [-0.3, -0.25) is 4.98 Å². The lowest BCUT2D eigenvalue weighted by Crippen LogP contribution is -2.21. The molecule has 0 bridgehead atoms. The molecule has 20 heavy (non-hydrogen) atoms. The quantitative estimate of drug-likeness (QED) is 0.293. The summed E-state index contributed by atoms with van der Waals surface area (Å²) < 4.78 is 6.14. The van der Waals surface area contributed by atoms with E-state index in [9.17, 15) is 0 Å². The van der Waals surface area contributed by atoms with Crippen molar-refractivity contribution in [2.75, 3.05) is 0 Å². The number of aromatic nitrogens is 1. The Labute approximate surface area is 119 Å². The Bertz CT molecular complexity index is 492. The van der Waals surface area contributed by atoms with Crippen molar-refractivity contribution >= 4 is 5.84 Å². The highest BCUT2D eigenvalue weighted by molar-refractivity contribution is 6.00. The van der Waals surface area contributed by atoms with Crippen molar-refractivity contribution in [1.29, 1.82) is 0 Å². The van der Waals surface area contributed by atoms with Gasteiger partial charge in [-0.1, -0.05) is 18.0 Å². The van der Waals surface area contributed by atoms with Gasteiger partial charge in [0.05, 0.1) is 17.4 Å². The summed E-state index contributed by atoms with van der Waals surface area (Å²) in [7, 11) is 0. The van der Waals surface area contributed by atoms with E-state index in [1.165, 1.54) is 25.7 Å². The molecule has 5 nitrogen and oxygen atoms in total. The number of amidine groups is 1. The Hall–Kier alpha value is -1.78. The van der Waals surface area contributed by atoms with E-state index in [0.29, 0.717) is 11.3 Å². The molecule has 0 radical (unpaired) electrons. The van der Waals surface area contributed by atoms with Gasteiger partial charge in [-0.05, 0) is 39.5 Å². The van der Waals surface area contributed by atoms with Crippen LogP contribution in [-0.4, -0.2) is 22.1 Å². The van der Waals surface area contributed by atoms with Gasteiger partial charge in [0.15, 0.2) is 5.84 Å². The molecule has 110 valence electrons. The van der Waals surface area contributed by atoms with Crippen LogP contribution in [0.15, 0.2) is 11.2 Å². The van der Waals surface area contributed by atoms with E-state index in [1.807, 2.05) is 19.9 Å². The molecule has 0 amide bonds. The summed E-state index contributed by atoms with van der Waals surface area (Å²) in [4.78, 5) is 4.36. The summed E-state index contributed by atoms with van der Waals surface area (Å²) in [6.45, 7) is 3.77. The summed E-state index contributed by atoms with van der Waals surface area (Å²) >= 11 is 0. The molecule has 1 heterocycles. The molecular weight excluding hydrogens is 254 g/mol. The standard InChI is InChI=1S/C15H23N3O2/c1-10-9-13(14(11(2)17-10)15(16)18-19)20-12-7-5-3-4-6-8-12/h9,12,19H,3-8H2,1-2H3,(H2,16,18). The first-order chi connectivity index (χ1) is 9.61. The molecule has 1 aromatic heterocycles. The molecule has 0 saturated heterocycles. The highest BCUT2D eigenvalue weighted by atomic mass is 16.5. The number of hydrogen-bond acceptors (Lipinski definition) is 4. The zero-order valence-corrected chi connectivity index (χ0v) is 12.2. The first-order valence-corrected chi connectivity index (χ1v) is 7.24. The predicted molar refractivity (Wildman–Crippen MR) is 78.3 cm³/mol.